The first-order valence-electron chi connectivity index (χ1n) is 12.3. The monoisotopic (exact) mass is 448 g/mol. The molecular weight excluding hydrogens is 412 g/mol. The van der Waals surface area contributed by atoms with Crippen LogP contribution in [-0.2, 0) is 5.41 Å². The van der Waals surface area contributed by atoms with Gasteiger partial charge >= 0.3 is 0 Å². The summed E-state index contributed by atoms with van der Waals surface area (Å²) in [5, 5.41) is 0. The fraction of sp³-hybridized carbons (Fsp3) is 0.273. The standard InChI is InChI=1S/C33H36O/c1-23(2)30-16-11-17-31(24(3)4)32(30)25-12-10-15-29(22-25)34-28-20-18-27(19-21-28)33(5,6)26-13-8-7-9-14-26/h7-24H,1-6H3. The van der Waals surface area contributed by atoms with Crippen LogP contribution in [0.5, 0.6) is 11.5 Å². The van der Waals surface area contributed by atoms with Crippen LogP contribution in [0, 0.1) is 0 Å². The third-order valence-electron chi connectivity index (χ3n) is 6.80. The van der Waals surface area contributed by atoms with Gasteiger partial charge in [-0.15, -0.1) is 0 Å². The summed E-state index contributed by atoms with van der Waals surface area (Å²) in [5.41, 5.74) is 7.85. The van der Waals surface area contributed by atoms with Crippen molar-refractivity contribution in [3.8, 4) is 22.6 Å². The van der Waals surface area contributed by atoms with E-state index in [1.807, 2.05) is 6.07 Å². The maximum atomic E-state index is 6.31. The Morgan fingerprint density at radius 2 is 1.12 bits per heavy atom. The predicted molar refractivity (Wildman–Crippen MR) is 145 cm³/mol. The van der Waals surface area contributed by atoms with E-state index < -0.39 is 0 Å². The molecule has 0 aliphatic rings. The van der Waals surface area contributed by atoms with E-state index in [-0.39, 0.29) is 5.41 Å². The molecule has 4 aromatic carbocycles. The highest BCUT2D eigenvalue weighted by atomic mass is 16.5. The minimum atomic E-state index is -0.0620. The van der Waals surface area contributed by atoms with Gasteiger partial charge in [-0.3, -0.25) is 0 Å². The molecule has 0 aliphatic heterocycles. The molecule has 0 aliphatic carbocycles. The quantitative estimate of drug-likeness (QED) is 0.273. The fourth-order valence-corrected chi connectivity index (χ4v) is 4.70. The second kappa shape index (κ2) is 9.89. The number of rotatable bonds is 7. The van der Waals surface area contributed by atoms with Crippen LogP contribution in [0.25, 0.3) is 11.1 Å². The SMILES string of the molecule is CC(C)c1cccc(C(C)C)c1-c1cccc(Oc2ccc(C(C)(C)c3ccccc3)cc2)c1. The number of hydrogen-bond acceptors (Lipinski definition) is 1. The van der Waals surface area contributed by atoms with E-state index in [0.717, 1.165) is 11.5 Å². The Morgan fingerprint density at radius 1 is 0.559 bits per heavy atom. The average molecular weight is 449 g/mol. The molecule has 0 heterocycles. The predicted octanol–water partition coefficient (Wildman–Crippen LogP) is 9.72. The van der Waals surface area contributed by atoms with Crippen LogP contribution in [-0.4, -0.2) is 0 Å². The smallest absolute Gasteiger partial charge is 0.128 e. The Balaban J connectivity index is 1.62. The highest BCUT2D eigenvalue weighted by Gasteiger charge is 2.22. The lowest BCUT2D eigenvalue weighted by Crippen LogP contribution is -2.18. The Kier molecular flexibility index (Phi) is 6.93. The molecule has 0 amide bonds. The molecule has 0 spiro atoms. The molecule has 0 unspecified atom stereocenters. The van der Waals surface area contributed by atoms with Crippen LogP contribution < -0.4 is 4.74 Å². The summed E-state index contributed by atoms with van der Waals surface area (Å²) in [6, 6.07) is 34.4. The molecule has 4 aromatic rings. The summed E-state index contributed by atoms with van der Waals surface area (Å²) in [6.07, 6.45) is 0. The van der Waals surface area contributed by atoms with Gasteiger partial charge in [0, 0.05) is 5.41 Å². The van der Waals surface area contributed by atoms with Crippen LogP contribution in [0.1, 0.15) is 75.6 Å². The second-order valence-corrected chi connectivity index (χ2v) is 10.3. The number of benzene rings is 4. The normalized spacial score (nSPS) is 11.8. The Hall–Kier alpha value is -3.32. The van der Waals surface area contributed by atoms with Crippen LogP contribution >= 0.6 is 0 Å². The molecule has 0 aromatic heterocycles. The van der Waals surface area contributed by atoms with Crippen LogP contribution in [0.2, 0.25) is 0 Å². The third kappa shape index (κ3) is 4.94. The van der Waals surface area contributed by atoms with E-state index in [1.54, 1.807) is 0 Å². The average Bonchev–Trinajstić information content (AvgIpc) is 2.84. The van der Waals surface area contributed by atoms with E-state index in [1.165, 1.54) is 33.4 Å². The molecule has 0 bridgehead atoms. The van der Waals surface area contributed by atoms with Gasteiger partial charge in [-0.1, -0.05) is 114 Å². The minimum Gasteiger partial charge on any atom is -0.457 e. The molecule has 0 atom stereocenters. The van der Waals surface area contributed by atoms with Crippen molar-refractivity contribution >= 4 is 0 Å². The number of hydrogen-bond donors (Lipinski definition) is 0. The zero-order chi connectivity index (χ0) is 24.3. The molecule has 0 N–H and O–H groups in total. The molecule has 0 saturated heterocycles. The molecule has 0 radical (unpaired) electrons. The fourth-order valence-electron chi connectivity index (χ4n) is 4.70. The first-order valence-corrected chi connectivity index (χ1v) is 12.3. The van der Waals surface area contributed by atoms with E-state index >= 15 is 0 Å². The van der Waals surface area contributed by atoms with Gasteiger partial charge in [0.1, 0.15) is 11.5 Å². The Labute approximate surface area is 205 Å². The van der Waals surface area contributed by atoms with Gasteiger partial charge in [-0.2, -0.15) is 0 Å². The maximum Gasteiger partial charge on any atom is 0.128 e. The van der Waals surface area contributed by atoms with Gasteiger partial charge in [0.25, 0.3) is 0 Å². The van der Waals surface area contributed by atoms with Crippen molar-refractivity contribution in [1.82, 2.24) is 0 Å². The van der Waals surface area contributed by atoms with Crippen molar-refractivity contribution in [3.63, 3.8) is 0 Å². The number of ether oxygens (including phenoxy) is 1. The summed E-state index contributed by atoms with van der Waals surface area (Å²) in [7, 11) is 0. The summed E-state index contributed by atoms with van der Waals surface area (Å²) < 4.78 is 6.31. The lowest BCUT2D eigenvalue weighted by Gasteiger charge is -2.26. The van der Waals surface area contributed by atoms with E-state index in [2.05, 4.69) is 133 Å². The summed E-state index contributed by atoms with van der Waals surface area (Å²) in [6.45, 7) is 13.6. The largest absolute Gasteiger partial charge is 0.457 e. The van der Waals surface area contributed by atoms with Gasteiger partial charge in [0.15, 0.2) is 0 Å². The van der Waals surface area contributed by atoms with E-state index in [4.69, 9.17) is 4.74 Å². The van der Waals surface area contributed by atoms with Gasteiger partial charge in [0.05, 0.1) is 0 Å². The van der Waals surface area contributed by atoms with Crippen LogP contribution in [0.4, 0.5) is 0 Å². The third-order valence-corrected chi connectivity index (χ3v) is 6.80. The Bertz CT molecular complexity index is 1210. The first-order chi connectivity index (χ1) is 16.3. The zero-order valence-electron chi connectivity index (χ0n) is 21.3. The zero-order valence-corrected chi connectivity index (χ0v) is 21.3. The van der Waals surface area contributed by atoms with Crippen molar-refractivity contribution in [2.75, 3.05) is 0 Å². The highest BCUT2D eigenvalue weighted by molar-refractivity contribution is 5.73. The Morgan fingerprint density at radius 3 is 1.71 bits per heavy atom. The first kappa shape index (κ1) is 23.8. The van der Waals surface area contributed by atoms with Crippen molar-refractivity contribution < 1.29 is 4.74 Å². The van der Waals surface area contributed by atoms with Crippen molar-refractivity contribution in [2.24, 2.45) is 0 Å². The molecule has 34 heavy (non-hydrogen) atoms. The highest BCUT2D eigenvalue weighted by Crippen LogP contribution is 2.38. The molecule has 0 fully saturated rings. The summed E-state index contributed by atoms with van der Waals surface area (Å²) in [4.78, 5) is 0. The summed E-state index contributed by atoms with van der Waals surface area (Å²) >= 11 is 0. The second-order valence-electron chi connectivity index (χ2n) is 10.3. The van der Waals surface area contributed by atoms with Crippen LogP contribution in [0.15, 0.2) is 97.1 Å². The van der Waals surface area contributed by atoms with E-state index in [9.17, 15) is 0 Å². The molecule has 1 heteroatoms. The van der Waals surface area contributed by atoms with Gasteiger partial charge in [-0.25, -0.2) is 0 Å². The van der Waals surface area contributed by atoms with Crippen LogP contribution in [0.3, 0.4) is 0 Å². The topological polar surface area (TPSA) is 9.23 Å². The molecule has 1 nitrogen and oxygen atoms in total. The van der Waals surface area contributed by atoms with Crippen molar-refractivity contribution in [3.05, 3.63) is 119 Å². The van der Waals surface area contributed by atoms with Gasteiger partial charge < -0.3 is 4.74 Å². The van der Waals surface area contributed by atoms with Gasteiger partial charge in [0.2, 0.25) is 0 Å². The van der Waals surface area contributed by atoms with Gasteiger partial charge in [-0.05, 0) is 69.5 Å². The lowest BCUT2D eigenvalue weighted by molar-refractivity contribution is 0.482. The maximum absolute atomic E-state index is 6.31. The summed E-state index contributed by atoms with van der Waals surface area (Å²) in [5.74, 6) is 2.63. The molecule has 0 saturated carbocycles. The molecular formula is C33H36O. The molecule has 174 valence electrons. The lowest BCUT2D eigenvalue weighted by atomic mass is 9.78. The minimum absolute atomic E-state index is 0.0620. The molecule has 4 rings (SSSR count). The van der Waals surface area contributed by atoms with Crippen molar-refractivity contribution in [1.29, 1.82) is 0 Å². The van der Waals surface area contributed by atoms with E-state index in [0.29, 0.717) is 11.8 Å². The van der Waals surface area contributed by atoms with Crippen molar-refractivity contribution in [2.45, 2.75) is 58.8 Å².